The highest BCUT2D eigenvalue weighted by Gasteiger charge is 2.26. The van der Waals surface area contributed by atoms with Crippen molar-refractivity contribution >= 4 is 51.1 Å². The van der Waals surface area contributed by atoms with Crippen LogP contribution in [0.3, 0.4) is 0 Å². The largest absolute Gasteiger partial charge is 0.354 e. The van der Waals surface area contributed by atoms with E-state index in [1.165, 1.54) is 11.3 Å². The number of nitrogens with two attached hydrogens (primary N) is 1. The van der Waals surface area contributed by atoms with Crippen LogP contribution in [0.1, 0.15) is 30.3 Å². The van der Waals surface area contributed by atoms with Gasteiger partial charge in [0, 0.05) is 60.3 Å². The first-order valence-corrected chi connectivity index (χ1v) is 12.7. The van der Waals surface area contributed by atoms with Gasteiger partial charge in [-0.2, -0.15) is 0 Å². The number of nitrogens with zero attached hydrogens (tertiary/aromatic N) is 4. The van der Waals surface area contributed by atoms with Crippen LogP contribution in [0.4, 0.5) is 5.82 Å². The Labute approximate surface area is 201 Å². The second-order valence-corrected chi connectivity index (χ2v) is 10.2. The molecule has 3 aromatic heterocycles. The van der Waals surface area contributed by atoms with Gasteiger partial charge < -0.3 is 20.9 Å². The standard InChI is InChI=1S/C24H26ClN7S/c1-2-17-21(25)20-22(29-17)30-24(31-23(20)32-8-6-15(26)12-32)33-16-4-3-13-9-14-11-27-7-5-18(14)28-19(13)10-16/h3-4,9-10,15,27H,2,5-8,11-12,26H2,1H3,(H,29,30,31)/t15-/m1/s1. The molecule has 2 aliphatic rings. The molecule has 0 saturated carbocycles. The number of aromatic nitrogens is 4. The minimum absolute atomic E-state index is 0.155. The van der Waals surface area contributed by atoms with Crippen LogP contribution < -0.4 is 16.0 Å². The van der Waals surface area contributed by atoms with Crippen molar-refractivity contribution in [2.24, 2.45) is 5.73 Å². The van der Waals surface area contributed by atoms with E-state index in [0.717, 1.165) is 83.8 Å². The number of pyridine rings is 1. The van der Waals surface area contributed by atoms with Crippen LogP contribution in [0.15, 0.2) is 34.3 Å². The minimum atomic E-state index is 0.155. The number of fused-ring (bicyclic) bond motifs is 3. The zero-order valence-corrected chi connectivity index (χ0v) is 20.1. The number of anilines is 1. The van der Waals surface area contributed by atoms with Crippen molar-refractivity contribution in [1.82, 2.24) is 25.3 Å². The lowest BCUT2D eigenvalue weighted by molar-refractivity contribution is 0.633. The Hall–Kier alpha value is -2.39. The van der Waals surface area contributed by atoms with Gasteiger partial charge in [0.25, 0.3) is 0 Å². The number of nitrogens with one attached hydrogen (secondary N) is 2. The van der Waals surface area contributed by atoms with E-state index in [-0.39, 0.29) is 6.04 Å². The van der Waals surface area contributed by atoms with Crippen LogP contribution in [0.25, 0.3) is 21.9 Å². The molecule has 1 atom stereocenters. The second kappa shape index (κ2) is 8.43. The summed E-state index contributed by atoms with van der Waals surface area (Å²) in [6.45, 7) is 5.61. The number of hydrogen-bond donors (Lipinski definition) is 3. The summed E-state index contributed by atoms with van der Waals surface area (Å²) >= 11 is 8.28. The predicted octanol–water partition coefficient (Wildman–Crippen LogP) is 4.06. The number of aromatic amines is 1. The Morgan fingerprint density at radius 3 is 2.97 bits per heavy atom. The van der Waals surface area contributed by atoms with Crippen molar-refractivity contribution in [2.45, 2.75) is 48.8 Å². The van der Waals surface area contributed by atoms with E-state index in [4.69, 9.17) is 32.3 Å². The average Bonchev–Trinajstić information content (AvgIpc) is 3.40. The number of hydrogen-bond acceptors (Lipinski definition) is 7. The molecule has 0 spiro atoms. The van der Waals surface area contributed by atoms with Crippen LogP contribution in [0.2, 0.25) is 5.02 Å². The first-order valence-electron chi connectivity index (χ1n) is 11.5. The summed E-state index contributed by atoms with van der Waals surface area (Å²) in [6.07, 6.45) is 2.73. The zero-order valence-electron chi connectivity index (χ0n) is 18.5. The molecular formula is C24H26ClN7S. The van der Waals surface area contributed by atoms with Crippen molar-refractivity contribution in [3.63, 3.8) is 0 Å². The van der Waals surface area contributed by atoms with Crippen LogP contribution in [0.5, 0.6) is 0 Å². The number of aryl methyl sites for hydroxylation is 1. The molecule has 4 aromatic rings. The third-order valence-corrected chi connectivity index (χ3v) is 7.79. The topological polar surface area (TPSA) is 95.8 Å². The van der Waals surface area contributed by atoms with E-state index in [1.54, 1.807) is 11.8 Å². The van der Waals surface area contributed by atoms with Crippen LogP contribution in [-0.4, -0.2) is 45.6 Å². The molecule has 0 unspecified atom stereocenters. The summed E-state index contributed by atoms with van der Waals surface area (Å²) in [7, 11) is 0. The van der Waals surface area contributed by atoms with Crippen molar-refractivity contribution < 1.29 is 0 Å². The lowest BCUT2D eigenvalue weighted by Crippen LogP contribution is -2.27. The van der Waals surface area contributed by atoms with Crippen LogP contribution >= 0.6 is 23.4 Å². The van der Waals surface area contributed by atoms with Gasteiger partial charge >= 0.3 is 0 Å². The summed E-state index contributed by atoms with van der Waals surface area (Å²) in [5, 5.41) is 6.89. The van der Waals surface area contributed by atoms with Gasteiger partial charge in [-0.05, 0) is 48.4 Å². The van der Waals surface area contributed by atoms with Gasteiger partial charge in [-0.1, -0.05) is 24.6 Å². The van der Waals surface area contributed by atoms with Gasteiger partial charge in [0.05, 0.1) is 15.9 Å². The average molecular weight is 480 g/mol. The van der Waals surface area contributed by atoms with E-state index < -0.39 is 0 Å². The molecule has 5 heterocycles. The normalized spacial score (nSPS) is 18.4. The maximum atomic E-state index is 6.72. The van der Waals surface area contributed by atoms with Gasteiger partial charge in [-0.15, -0.1) is 0 Å². The van der Waals surface area contributed by atoms with E-state index in [2.05, 4.69) is 46.4 Å². The minimum Gasteiger partial charge on any atom is -0.354 e. The maximum Gasteiger partial charge on any atom is 0.196 e. The molecule has 0 aliphatic carbocycles. The molecule has 2 aliphatic heterocycles. The quantitative estimate of drug-likeness (QED) is 0.380. The molecule has 1 fully saturated rings. The molecule has 6 rings (SSSR count). The van der Waals surface area contributed by atoms with Crippen LogP contribution in [0, 0.1) is 0 Å². The Bertz CT molecular complexity index is 1370. The zero-order chi connectivity index (χ0) is 22.5. The molecule has 1 aromatic carbocycles. The van der Waals surface area contributed by atoms with E-state index >= 15 is 0 Å². The van der Waals surface area contributed by atoms with Crippen molar-refractivity contribution in [1.29, 1.82) is 0 Å². The lowest BCUT2D eigenvalue weighted by Gasteiger charge is -2.19. The molecule has 0 amide bonds. The number of rotatable bonds is 4. The van der Waals surface area contributed by atoms with Crippen LogP contribution in [-0.2, 0) is 19.4 Å². The lowest BCUT2D eigenvalue weighted by atomic mass is 10.0. The smallest absolute Gasteiger partial charge is 0.196 e. The fourth-order valence-corrected chi connectivity index (χ4v) is 5.91. The van der Waals surface area contributed by atoms with Gasteiger partial charge in [-0.25, -0.2) is 9.97 Å². The Morgan fingerprint density at radius 1 is 1.24 bits per heavy atom. The first kappa shape index (κ1) is 21.2. The summed E-state index contributed by atoms with van der Waals surface area (Å²) < 4.78 is 0. The molecule has 0 radical (unpaired) electrons. The Morgan fingerprint density at radius 2 is 2.15 bits per heavy atom. The fraction of sp³-hybridized carbons (Fsp3) is 0.375. The van der Waals surface area contributed by atoms with Gasteiger partial charge in [0.1, 0.15) is 11.5 Å². The number of benzene rings is 1. The third-order valence-electron chi connectivity index (χ3n) is 6.52. The monoisotopic (exact) mass is 479 g/mol. The summed E-state index contributed by atoms with van der Waals surface area (Å²) in [4.78, 5) is 21.4. The van der Waals surface area contributed by atoms with E-state index in [9.17, 15) is 0 Å². The fourth-order valence-electron chi connectivity index (χ4n) is 4.77. The van der Waals surface area contributed by atoms with Crippen molar-refractivity contribution in [3.05, 3.63) is 46.2 Å². The molecular weight excluding hydrogens is 454 g/mol. The second-order valence-electron chi connectivity index (χ2n) is 8.80. The molecule has 0 bridgehead atoms. The highest BCUT2D eigenvalue weighted by atomic mass is 35.5. The highest BCUT2D eigenvalue weighted by molar-refractivity contribution is 7.99. The van der Waals surface area contributed by atoms with Gasteiger partial charge in [0.15, 0.2) is 5.16 Å². The van der Waals surface area contributed by atoms with Crippen molar-refractivity contribution in [2.75, 3.05) is 24.5 Å². The molecule has 7 nitrogen and oxygen atoms in total. The summed E-state index contributed by atoms with van der Waals surface area (Å²) in [6, 6.07) is 8.81. The molecule has 33 heavy (non-hydrogen) atoms. The summed E-state index contributed by atoms with van der Waals surface area (Å²) in [5.41, 5.74) is 11.5. The molecule has 4 N–H and O–H groups in total. The molecule has 1 saturated heterocycles. The molecule has 170 valence electrons. The van der Waals surface area contributed by atoms with E-state index in [1.807, 2.05) is 0 Å². The Balaban J connectivity index is 1.40. The summed E-state index contributed by atoms with van der Waals surface area (Å²) in [5.74, 6) is 0.872. The first-order chi connectivity index (χ1) is 16.1. The van der Waals surface area contributed by atoms with Crippen molar-refractivity contribution in [3.8, 4) is 0 Å². The third kappa shape index (κ3) is 3.85. The van der Waals surface area contributed by atoms with Gasteiger partial charge in [-0.3, -0.25) is 4.98 Å². The Kier molecular flexibility index (Phi) is 5.41. The number of halogens is 1. The van der Waals surface area contributed by atoms with E-state index in [0.29, 0.717) is 10.2 Å². The number of H-pyrrole nitrogens is 1. The highest BCUT2D eigenvalue weighted by Crippen LogP contribution is 2.38. The maximum absolute atomic E-state index is 6.72. The SMILES string of the molecule is CCc1[nH]c2nc(Sc3ccc4cc5c(nc4c3)CCNC5)nc(N3CC[C@@H](N)C3)c2c1Cl. The van der Waals surface area contributed by atoms with Gasteiger partial charge in [0.2, 0.25) is 0 Å². The predicted molar refractivity (Wildman–Crippen MR) is 134 cm³/mol. The molecule has 9 heteroatoms.